The summed E-state index contributed by atoms with van der Waals surface area (Å²) in [6, 6.07) is 9.88. The number of thiophene rings is 1. The van der Waals surface area contributed by atoms with Crippen LogP contribution in [-0.4, -0.2) is 27.8 Å². The first-order valence-corrected chi connectivity index (χ1v) is 11.7. The first-order chi connectivity index (χ1) is 14.0. The number of aromatic amines is 1. The van der Waals surface area contributed by atoms with Crippen molar-refractivity contribution >= 4 is 39.3 Å². The molecule has 0 spiro atoms. The number of carbonyl (C=O) groups is 1. The molecule has 2 aromatic heterocycles. The largest absolute Gasteiger partial charge is 0.462 e. The fourth-order valence-electron chi connectivity index (χ4n) is 3.81. The predicted molar refractivity (Wildman–Crippen MR) is 119 cm³/mol. The van der Waals surface area contributed by atoms with Gasteiger partial charge in [-0.2, -0.15) is 0 Å². The Morgan fingerprint density at radius 1 is 1.24 bits per heavy atom. The van der Waals surface area contributed by atoms with Gasteiger partial charge in [0.25, 0.3) is 5.56 Å². The average molecular weight is 429 g/mol. The number of aryl methyl sites for hydroxylation is 1. The van der Waals surface area contributed by atoms with E-state index in [0.717, 1.165) is 47.6 Å². The lowest BCUT2D eigenvalue weighted by Crippen LogP contribution is -2.24. The lowest BCUT2D eigenvalue weighted by Gasteiger charge is -2.25. The number of rotatable bonds is 5. The number of nitrogens with zero attached hydrogens (tertiary/aromatic N) is 1. The molecular weight excluding hydrogens is 404 g/mol. The molecule has 2 heterocycles. The monoisotopic (exact) mass is 428 g/mol. The fourth-order valence-corrected chi connectivity index (χ4v) is 5.56. The quantitative estimate of drug-likeness (QED) is 0.345. The van der Waals surface area contributed by atoms with Crippen molar-refractivity contribution in [3.63, 3.8) is 0 Å². The van der Waals surface area contributed by atoms with Gasteiger partial charge in [-0.1, -0.05) is 49.0 Å². The lowest BCUT2D eigenvalue weighted by molar-refractivity contribution is -0.147. The van der Waals surface area contributed by atoms with Crippen LogP contribution in [0.15, 0.2) is 40.3 Å². The van der Waals surface area contributed by atoms with E-state index in [1.54, 1.807) is 0 Å². The molecule has 0 atom stereocenters. The average Bonchev–Trinajstić information content (AvgIpc) is 3.05. The molecule has 3 aromatic rings. The fraction of sp³-hybridized carbons (Fsp3) is 0.409. The molecule has 152 valence electrons. The zero-order chi connectivity index (χ0) is 20.4. The maximum absolute atomic E-state index is 12.8. The van der Waals surface area contributed by atoms with Crippen LogP contribution in [-0.2, 0) is 9.53 Å². The summed E-state index contributed by atoms with van der Waals surface area (Å²) in [5.41, 5.74) is 1.77. The second-order valence-corrected chi connectivity index (χ2v) is 9.78. The van der Waals surface area contributed by atoms with Gasteiger partial charge in [-0.3, -0.25) is 9.59 Å². The van der Waals surface area contributed by atoms with E-state index >= 15 is 0 Å². The van der Waals surface area contributed by atoms with Gasteiger partial charge >= 0.3 is 5.97 Å². The van der Waals surface area contributed by atoms with Crippen LogP contribution in [0.2, 0.25) is 0 Å². The number of carbonyl (C=O) groups excluding carboxylic acids is 1. The highest BCUT2D eigenvalue weighted by molar-refractivity contribution is 7.99. The Balaban J connectivity index is 1.48. The smallest absolute Gasteiger partial charge is 0.316 e. The van der Waals surface area contributed by atoms with Crippen LogP contribution < -0.4 is 5.56 Å². The van der Waals surface area contributed by atoms with Gasteiger partial charge < -0.3 is 9.72 Å². The van der Waals surface area contributed by atoms with Gasteiger partial charge in [-0.05, 0) is 44.1 Å². The molecule has 4 rings (SSSR count). The van der Waals surface area contributed by atoms with Crippen LogP contribution in [0.5, 0.6) is 0 Å². The number of thioether (sulfide) groups is 1. The van der Waals surface area contributed by atoms with Crippen LogP contribution in [0.3, 0.4) is 0 Å². The molecule has 1 N–H and O–H groups in total. The molecule has 0 aliphatic heterocycles. The normalized spacial score (nSPS) is 19.4. The van der Waals surface area contributed by atoms with Gasteiger partial charge in [0.2, 0.25) is 0 Å². The minimum atomic E-state index is -0.246. The number of fused-ring (bicyclic) bond motifs is 1. The number of esters is 1. The van der Waals surface area contributed by atoms with Crippen molar-refractivity contribution in [1.82, 2.24) is 9.97 Å². The van der Waals surface area contributed by atoms with Crippen LogP contribution in [0.25, 0.3) is 21.3 Å². The Bertz CT molecular complexity index is 1070. The predicted octanol–water partition coefficient (Wildman–Crippen LogP) is 5.17. The summed E-state index contributed by atoms with van der Waals surface area (Å²) in [7, 11) is 0. The van der Waals surface area contributed by atoms with Gasteiger partial charge in [-0.25, -0.2) is 4.98 Å². The molecule has 0 saturated heterocycles. The van der Waals surface area contributed by atoms with E-state index in [4.69, 9.17) is 4.74 Å². The van der Waals surface area contributed by atoms with E-state index < -0.39 is 0 Å². The zero-order valence-corrected chi connectivity index (χ0v) is 18.2. The first kappa shape index (κ1) is 20.2. The highest BCUT2D eigenvalue weighted by atomic mass is 32.2. The molecule has 7 heteroatoms. The highest BCUT2D eigenvalue weighted by Crippen LogP contribution is 2.36. The Morgan fingerprint density at radius 3 is 2.69 bits per heavy atom. The van der Waals surface area contributed by atoms with Crippen LogP contribution >= 0.6 is 23.1 Å². The third kappa shape index (κ3) is 4.56. The number of hydrogen-bond acceptors (Lipinski definition) is 6. The third-order valence-corrected chi connectivity index (χ3v) is 7.21. The highest BCUT2D eigenvalue weighted by Gasteiger charge is 2.22. The number of nitrogens with one attached hydrogen (secondary N) is 1. The maximum atomic E-state index is 12.8. The molecule has 0 unspecified atom stereocenters. The number of H-pyrrole nitrogens is 1. The minimum absolute atomic E-state index is 0.0298. The maximum Gasteiger partial charge on any atom is 0.316 e. The SMILES string of the molecule is Cc1sc2nc(SCC(=O)OC3CCC(C)CC3)[nH]c(=O)c2c1-c1ccccc1. The number of hydrogen-bond donors (Lipinski definition) is 1. The van der Waals surface area contributed by atoms with E-state index in [1.807, 2.05) is 37.3 Å². The van der Waals surface area contributed by atoms with Crippen molar-refractivity contribution in [1.29, 1.82) is 0 Å². The molecule has 29 heavy (non-hydrogen) atoms. The topological polar surface area (TPSA) is 72.0 Å². The van der Waals surface area contributed by atoms with Crippen molar-refractivity contribution in [2.24, 2.45) is 5.92 Å². The van der Waals surface area contributed by atoms with Gasteiger partial charge in [0.15, 0.2) is 5.16 Å². The van der Waals surface area contributed by atoms with Crippen LogP contribution in [0.4, 0.5) is 0 Å². The molecule has 1 aliphatic carbocycles. The van der Waals surface area contributed by atoms with Gasteiger partial charge in [0.1, 0.15) is 10.9 Å². The van der Waals surface area contributed by atoms with E-state index in [2.05, 4.69) is 16.9 Å². The van der Waals surface area contributed by atoms with Crippen molar-refractivity contribution in [3.8, 4) is 11.1 Å². The Labute approximate surface area is 177 Å². The Kier molecular flexibility index (Phi) is 6.06. The number of benzene rings is 1. The molecule has 1 fully saturated rings. The minimum Gasteiger partial charge on any atom is -0.462 e. The van der Waals surface area contributed by atoms with Gasteiger partial charge in [0.05, 0.1) is 11.1 Å². The Morgan fingerprint density at radius 2 is 1.97 bits per heavy atom. The van der Waals surface area contributed by atoms with Crippen LogP contribution in [0, 0.1) is 12.8 Å². The molecule has 5 nitrogen and oxygen atoms in total. The molecule has 0 bridgehead atoms. The summed E-state index contributed by atoms with van der Waals surface area (Å²) < 4.78 is 5.58. The van der Waals surface area contributed by atoms with E-state index in [0.29, 0.717) is 15.4 Å². The third-order valence-electron chi connectivity index (χ3n) is 5.37. The summed E-state index contributed by atoms with van der Waals surface area (Å²) in [5, 5.41) is 1.07. The van der Waals surface area contributed by atoms with Crippen molar-refractivity contribution < 1.29 is 9.53 Å². The van der Waals surface area contributed by atoms with Crippen molar-refractivity contribution in [3.05, 3.63) is 45.6 Å². The second kappa shape index (κ2) is 8.71. The lowest BCUT2D eigenvalue weighted by atomic mass is 9.89. The molecule has 1 saturated carbocycles. The number of ether oxygens (including phenoxy) is 1. The van der Waals surface area contributed by atoms with E-state index in [9.17, 15) is 9.59 Å². The van der Waals surface area contributed by atoms with E-state index in [1.165, 1.54) is 23.1 Å². The number of aromatic nitrogens is 2. The first-order valence-electron chi connectivity index (χ1n) is 9.92. The summed E-state index contributed by atoms with van der Waals surface area (Å²) in [4.78, 5) is 34.2. The van der Waals surface area contributed by atoms with E-state index in [-0.39, 0.29) is 23.4 Å². The van der Waals surface area contributed by atoms with Crippen molar-refractivity contribution in [2.75, 3.05) is 5.75 Å². The molecule has 1 aliphatic rings. The summed E-state index contributed by atoms with van der Waals surface area (Å²) >= 11 is 2.73. The summed E-state index contributed by atoms with van der Waals surface area (Å²) in [6.07, 6.45) is 4.13. The van der Waals surface area contributed by atoms with Crippen LogP contribution in [0.1, 0.15) is 37.5 Å². The Hall–Kier alpha value is -2.12. The van der Waals surface area contributed by atoms with Crippen molar-refractivity contribution in [2.45, 2.75) is 50.8 Å². The molecule has 0 amide bonds. The van der Waals surface area contributed by atoms with Gasteiger partial charge in [0, 0.05) is 10.4 Å². The standard InChI is InChI=1S/C22H24N2O3S2/c1-13-8-10-16(11-9-13)27-17(25)12-28-22-23-20(26)19-18(14(2)29-21(19)24-22)15-6-4-3-5-7-15/h3-7,13,16H,8-12H2,1-2H3,(H,23,24,26). The van der Waals surface area contributed by atoms with Gasteiger partial charge in [-0.15, -0.1) is 11.3 Å². The summed E-state index contributed by atoms with van der Waals surface area (Å²) in [6.45, 7) is 4.24. The second-order valence-electron chi connectivity index (χ2n) is 7.61. The molecule has 1 aromatic carbocycles. The molecular formula is C22H24N2O3S2. The summed E-state index contributed by atoms with van der Waals surface area (Å²) in [5.74, 6) is 0.621. The molecule has 0 radical (unpaired) electrons. The zero-order valence-electron chi connectivity index (χ0n) is 16.6.